The number of piperazine rings is 1. The zero-order chi connectivity index (χ0) is 19.8. The lowest BCUT2D eigenvalue weighted by Gasteiger charge is -2.34. The standard InChI is InChI=1S/C21H31N5O2/c1-3-20-22-9-10-26(20)16-15-24-11-13-25(14-12-24)17-21(27)23-18-5-7-19(8-6-18)28-4-2/h5-10H,3-4,11-17H2,1-2H3,(H,23,27). The summed E-state index contributed by atoms with van der Waals surface area (Å²) in [6.45, 7) is 11.0. The van der Waals surface area contributed by atoms with Gasteiger partial charge >= 0.3 is 0 Å². The van der Waals surface area contributed by atoms with Crippen molar-refractivity contribution in [3.63, 3.8) is 0 Å². The first-order chi connectivity index (χ1) is 13.7. The van der Waals surface area contributed by atoms with Gasteiger partial charge in [-0.15, -0.1) is 0 Å². The van der Waals surface area contributed by atoms with Crippen LogP contribution in [0.2, 0.25) is 0 Å². The second-order valence-electron chi connectivity index (χ2n) is 7.01. The number of hydrogen-bond acceptors (Lipinski definition) is 5. The average Bonchev–Trinajstić information content (AvgIpc) is 3.17. The smallest absolute Gasteiger partial charge is 0.238 e. The first-order valence-corrected chi connectivity index (χ1v) is 10.2. The molecule has 1 aliphatic heterocycles. The van der Waals surface area contributed by atoms with Gasteiger partial charge in [0.15, 0.2) is 0 Å². The van der Waals surface area contributed by atoms with Gasteiger partial charge in [0.1, 0.15) is 11.6 Å². The van der Waals surface area contributed by atoms with Gasteiger partial charge in [0.2, 0.25) is 5.91 Å². The largest absolute Gasteiger partial charge is 0.494 e. The molecule has 0 atom stereocenters. The fraction of sp³-hybridized carbons (Fsp3) is 0.524. The van der Waals surface area contributed by atoms with E-state index in [1.54, 1.807) is 0 Å². The van der Waals surface area contributed by atoms with Gasteiger partial charge in [-0.05, 0) is 31.2 Å². The molecule has 2 aromatic rings. The Morgan fingerprint density at radius 1 is 1.07 bits per heavy atom. The second-order valence-corrected chi connectivity index (χ2v) is 7.01. The van der Waals surface area contributed by atoms with Gasteiger partial charge < -0.3 is 14.6 Å². The highest BCUT2D eigenvalue weighted by atomic mass is 16.5. The van der Waals surface area contributed by atoms with E-state index in [1.165, 1.54) is 0 Å². The molecule has 2 heterocycles. The lowest BCUT2D eigenvalue weighted by molar-refractivity contribution is -0.117. The number of aryl methyl sites for hydroxylation is 1. The highest BCUT2D eigenvalue weighted by Gasteiger charge is 2.19. The first-order valence-electron chi connectivity index (χ1n) is 10.2. The molecule has 0 saturated carbocycles. The van der Waals surface area contributed by atoms with Crippen LogP contribution in [0.15, 0.2) is 36.7 Å². The summed E-state index contributed by atoms with van der Waals surface area (Å²) >= 11 is 0. The van der Waals surface area contributed by atoms with E-state index in [-0.39, 0.29) is 5.91 Å². The minimum atomic E-state index is 0.0311. The van der Waals surface area contributed by atoms with E-state index in [9.17, 15) is 4.79 Å². The van der Waals surface area contributed by atoms with Crippen LogP contribution in [0.3, 0.4) is 0 Å². The molecule has 7 heteroatoms. The lowest BCUT2D eigenvalue weighted by Crippen LogP contribution is -2.49. The van der Waals surface area contributed by atoms with Crippen molar-refractivity contribution in [2.45, 2.75) is 26.8 Å². The van der Waals surface area contributed by atoms with Crippen LogP contribution in [0, 0.1) is 0 Å². The van der Waals surface area contributed by atoms with E-state index < -0.39 is 0 Å². The molecule has 0 unspecified atom stereocenters. The molecule has 3 rings (SSSR count). The Labute approximate surface area is 167 Å². The molecular formula is C21H31N5O2. The molecule has 1 aromatic heterocycles. The van der Waals surface area contributed by atoms with Crippen molar-refractivity contribution in [1.82, 2.24) is 19.4 Å². The number of ether oxygens (including phenoxy) is 1. The van der Waals surface area contributed by atoms with E-state index in [0.29, 0.717) is 13.2 Å². The topological polar surface area (TPSA) is 62.6 Å². The van der Waals surface area contributed by atoms with Crippen LogP contribution >= 0.6 is 0 Å². The Balaban J connectivity index is 1.37. The summed E-state index contributed by atoms with van der Waals surface area (Å²) in [6, 6.07) is 7.51. The monoisotopic (exact) mass is 385 g/mol. The molecule has 28 heavy (non-hydrogen) atoms. The van der Waals surface area contributed by atoms with E-state index in [4.69, 9.17) is 4.74 Å². The second kappa shape index (κ2) is 10.2. The third-order valence-electron chi connectivity index (χ3n) is 5.06. The maximum atomic E-state index is 12.3. The van der Waals surface area contributed by atoms with Gasteiger partial charge in [-0.1, -0.05) is 6.92 Å². The molecule has 1 fully saturated rings. The van der Waals surface area contributed by atoms with Gasteiger partial charge in [-0.2, -0.15) is 0 Å². The van der Waals surface area contributed by atoms with Crippen LogP contribution in [0.1, 0.15) is 19.7 Å². The van der Waals surface area contributed by atoms with Crippen LogP contribution in [0.5, 0.6) is 5.75 Å². The molecule has 0 bridgehead atoms. The number of aromatic nitrogens is 2. The Hall–Kier alpha value is -2.38. The fourth-order valence-corrected chi connectivity index (χ4v) is 3.48. The van der Waals surface area contributed by atoms with Crippen LogP contribution in [0.4, 0.5) is 5.69 Å². The first kappa shape index (κ1) is 20.4. The van der Waals surface area contributed by atoms with Gasteiger partial charge in [-0.3, -0.25) is 14.6 Å². The third kappa shape index (κ3) is 5.81. The van der Waals surface area contributed by atoms with E-state index in [0.717, 1.165) is 63.0 Å². The molecule has 152 valence electrons. The number of rotatable bonds is 9. The third-order valence-corrected chi connectivity index (χ3v) is 5.06. The van der Waals surface area contributed by atoms with Gasteiger partial charge in [0.05, 0.1) is 13.2 Å². The van der Waals surface area contributed by atoms with Crippen molar-refractivity contribution in [3.8, 4) is 5.75 Å². The summed E-state index contributed by atoms with van der Waals surface area (Å²) in [5, 5.41) is 2.97. The maximum absolute atomic E-state index is 12.3. The van der Waals surface area contributed by atoms with Gasteiger partial charge in [0.25, 0.3) is 0 Å². The number of nitrogens with one attached hydrogen (secondary N) is 1. The van der Waals surface area contributed by atoms with Crippen molar-refractivity contribution in [3.05, 3.63) is 42.5 Å². The maximum Gasteiger partial charge on any atom is 0.238 e. The number of imidazole rings is 1. The molecule has 1 saturated heterocycles. The minimum Gasteiger partial charge on any atom is -0.494 e. The molecular weight excluding hydrogens is 354 g/mol. The molecule has 0 spiro atoms. The number of nitrogens with zero attached hydrogens (tertiary/aromatic N) is 4. The summed E-state index contributed by atoms with van der Waals surface area (Å²) in [5.74, 6) is 1.99. The van der Waals surface area contributed by atoms with Gasteiger partial charge in [0, 0.05) is 63.8 Å². The quantitative estimate of drug-likeness (QED) is 0.716. The Morgan fingerprint density at radius 2 is 1.79 bits per heavy atom. The van der Waals surface area contributed by atoms with Gasteiger partial charge in [-0.25, -0.2) is 4.98 Å². The lowest BCUT2D eigenvalue weighted by atomic mass is 10.3. The minimum absolute atomic E-state index is 0.0311. The van der Waals surface area contributed by atoms with Crippen molar-refractivity contribution in [2.24, 2.45) is 0 Å². The van der Waals surface area contributed by atoms with E-state index in [1.807, 2.05) is 37.4 Å². The molecule has 0 aliphatic carbocycles. The molecule has 1 aliphatic rings. The van der Waals surface area contributed by atoms with E-state index >= 15 is 0 Å². The average molecular weight is 386 g/mol. The molecule has 0 radical (unpaired) electrons. The zero-order valence-corrected chi connectivity index (χ0v) is 16.9. The van der Waals surface area contributed by atoms with E-state index in [2.05, 4.69) is 37.8 Å². The molecule has 7 nitrogen and oxygen atoms in total. The molecule has 1 amide bonds. The zero-order valence-electron chi connectivity index (χ0n) is 16.9. The van der Waals surface area contributed by atoms with Crippen LogP contribution < -0.4 is 10.1 Å². The number of anilines is 1. The number of hydrogen-bond donors (Lipinski definition) is 1. The Morgan fingerprint density at radius 3 is 2.46 bits per heavy atom. The van der Waals surface area contributed by atoms with Crippen molar-refractivity contribution < 1.29 is 9.53 Å². The fourth-order valence-electron chi connectivity index (χ4n) is 3.48. The SMILES string of the molecule is CCOc1ccc(NC(=O)CN2CCN(CCn3ccnc3CC)CC2)cc1. The Kier molecular flexibility index (Phi) is 7.45. The highest BCUT2D eigenvalue weighted by molar-refractivity contribution is 5.92. The summed E-state index contributed by atoms with van der Waals surface area (Å²) in [5.41, 5.74) is 0.805. The van der Waals surface area contributed by atoms with Crippen LogP contribution in [-0.4, -0.2) is 71.1 Å². The Bertz CT molecular complexity index is 736. The summed E-state index contributed by atoms with van der Waals surface area (Å²) in [7, 11) is 0. The summed E-state index contributed by atoms with van der Waals surface area (Å²) in [4.78, 5) is 21.4. The van der Waals surface area contributed by atoms with Crippen molar-refractivity contribution >= 4 is 11.6 Å². The number of benzene rings is 1. The highest BCUT2D eigenvalue weighted by Crippen LogP contribution is 2.15. The van der Waals surface area contributed by atoms with Crippen LogP contribution in [-0.2, 0) is 17.8 Å². The predicted molar refractivity (Wildman–Crippen MR) is 111 cm³/mol. The number of carbonyl (C=O) groups excluding carboxylic acids is 1. The number of amides is 1. The normalized spacial score (nSPS) is 15.5. The molecule has 1 N–H and O–H groups in total. The number of carbonyl (C=O) groups is 1. The van der Waals surface area contributed by atoms with Crippen molar-refractivity contribution in [2.75, 3.05) is 51.2 Å². The summed E-state index contributed by atoms with van der Waals surface area (Å²) in [6.07, 6.45) is 4.89. The predicted octanol–water partition coefficient (Wildman–Crippen LogP) is 2.10. The summed E-state index contributed by atoms with van der Waals surface area (Å²) < 4.78 is 7.66. The molecule has 1 aromatic carbocycles. The van der Waals surface area contributed by atoms with Crippen LogP contribution in [0.25, 0.3) is 0 Å². The van der Waals surface area contributed by atoms with Crippen molar-refractivity contribution in [1.29, 1.82) is 0 Å².